The number of likely N-dealkylation sites (tertiary alicyclic amines) is 1. The molecule has 17 heavy (non-hydrogen) atoms. The van der Waals surface area contributed by atoms with Crippen LogP contribution in [0.3, 0.4) is 0 Å². The standard InChI is InChI=1S/C13H18N2O2/c1-8-5-10(3-4-12(8)16)13(17)15-6-9(2)11(14)7-15/h3-5,9,11,16H,6-7,14H2,1-2H3. The van der Waals surface area contributed by atoms with Crippen molar-refractivity contribution in [2.75, 3.05) is 13.1 Å². The van der Waals surface area contributed by atoms with Gasteiger partial charge in [0.05, 0.1) is 0 Å². The van der Waals surface area contributed by atoms with Gasteiger partial charge in [-0.1, -0.05) is 6.92 Å². The Bertz CT molecular complexity index is 435. The van der Waals surface area contributed by atoms with Crippen LogP contribution in [0.15, 0.2) is 18.2 Å². The van der Waals surface area contributed by atoms with Gasteiger partial charge in [0.25, 0.3) is 5.91 Å². The van der Waals surface area contributed by atoms with Crippen molar-refractivity contribution >= 4 is 5.91 Å². The molecule has 1 fully saturated rings. The first kappa shape index (κ1) is 11.9. The number of aryl methyl sites for hydroxylation is 1. The van der Waals surface area contributed by atoms with E-state index in [1.54, 1.807) is 30.0 Å². The predicted molar refractivity (Wildman–Crippen MR) is 65.9 cm³/mol. The number of phenolic OH excluding ortho intramolecular Hbond substituents is 1. The molecule has 1 saturated heterocycles. The zero-order valence-corrected chi connectivity index (χ0v) is 10.2. The second-order valence-corrected chi connectivity index (χ2v) is 4.85. The number of rotatable bonds is 1. The van der Waals surface area contributed by atoms with Gasteiger partial charge in [0.15, 0.2) is 0 Å². The van der Waals surface area contributed by atoms with Crippen molar-refractivity contribution in [1.82, 2.24) is 4.90 Å². The summed E-state index contributed by atoms with van der Waals surface area (Å²) in [7, 11) is 0. The average molecular weight is 234 g/mol. The Morgan fingerprint density at radius 2 is 2.18 bits per heavy atom. The lowest BCUT2D eigenvalue weighted by molar-refractivity contribution is 0.0786. The molecule has 4 heteroatoms. The van der Waals surface area contributed by atoms with Gasteiger partial charge in [-0.3, -0.25) is 4.79 Å². The third-order valence-corrected chi connectivity index (χ3v) is 3.40. The minimum atomic E-state index is -0.00657. The summed E-state index contributed by atoms with van der Waals surface area (Å²) in [5.74, 6) is 0.554. The highest BCUT2D eigenvalue weighted by atomic mass is 16.3. The van der Waals surface area contributed by atoms with Crippen LogP contribution in [-0.2, 0) is 0 Å². The van der Waals surface area contributed by atoms with Crippen LogP contribution in [-0.4, -0.2) is 35.0 Å². The lowest BCUT2D eigenvalue weighted by Crippen LogP contribution is -2.32. The molecule has 4 nitrogen and oxygen atoms in total. The summed E-state index contributed by atoms with van der Waals surface area (Å²) in [6.45, 7) is 5.16. The van der Waals surface area contributed by atoms with Crippen LogP contribution in [0.1, 0.15) is 22.8 Å². The molecular formula is C13H18N2O2. The number of benzene rings is 1. The number of hydrogen-bond acceptors (Lipinski definition) is 3. The monoisotopic (exact) mass is 234 g/mol. The van der Waals surface area contributed by atoms with E-state index in [4.69, 9.17) is 5.73 Å². The Labute approximate surface area is 101 Å². The SMILES string of the molecule is Cc1cc(C(=O)N2CC(C)C(N)C2)ccc1O. The van der Waals surface area contributed by atoms with Gasteiger partial charge in [-0.2, -0.15) is 0 Å². The fourth-order valence-electron chi connectivity index (χ4n) is 2.13. The second kappa shape index (κ2) is 4.37. The highest BCUT2D eigenvalue weighted by molar-refractivity contribution is 5.94. The Hall–Kier alpha value is -1.55. The molecule has 0 radical (unpaired) electrons. The molecule has 0 saturated carbocycles. The van der Waals surface area contributed by atoms with Gasteiger partial charge in [0.2, 0.25) is 0 Å². The normalized spacial score (nSPS) is 24.1. The van der Waals surface area contributed by atoms with Crippen LogP contribution in [0.5, 0.6) is 5.75 Å². The molecular weight excluding hydrogens is 216 g/mol. The average Bonchev–Trinajstić information content (AvgIpc) is 2.62. The van der Waals surface area contributed by atoms with E-state index in [2.05, 4.69) is 6.92 Å². The zero-order chi connectivity index (χ0) is 12.6. The molecule has 1 aliphatic heterocycles. The fourth-order valence-corrected chi connectivity index (χ4v) is 2.13. The summed E-state index contributed by atoms with van der Waals surface area (Å²) in [4.78, 5) is 14.0. The van der Waals surface area contributed by atoms with E-state index in [9.17, 15) is 9.90 Å². The fraction of sp³-hybridized carbons (Fsp3) is 0.462. The van der Waals surface area contributed by atoms with E-state index < -0.39 is 0 Å². The molecule has 92 valence electrons. The maximum absolute atomic E-state index is 12.2. The van der Waals surface area contributed by atoms with Gasteiger partial charge in [-0.05, 0) is 36.6 Å². The van der Waals surface area contributed by atoms with Crippen LogP contribution in [0.4, 0.5) is 0 Å². The Kier molecular flexibility index (Phi) is 3.07. The molecule has 3 N–H and O–H groups in total. The second-order valence-electron chi connectivity index (χ2n) is 4.85. The van der Waals surface area contributed by atoms with E-state index in [0.717, 1.165) is 0 Å². The molecule has 1 amide bonds. The maximum atomic E-state index is 12.2. The molecule has 1 aromatic rings. The minimum Gasteiger partial charge on any atom is -0.508 e. The van der Waals surface area contributed by atoms with Gasteiger partial charge in [-0.15, -0.1) is 0 Å². The van der Waals surface area contributed by atoms with Gasteiger partial charge in [0.1, 0.15) is 5.75 Å². The summed E-state index contributed by atoms with van der Waals surface area (Å²) in [6.07, 6.45) is 0. The van der Waals surface area contributed by atoms with Crippen molar-refractivity contribution in [1.29, 1.82) is 0 Å². The summed E-state index contributed by atoms with van der Waals surface area (Å²) >= 11 is 0. The maximum Gasteiger partial charge on any atom is 0.253 e. The molecule has 0 spiro atoms. The molecule has 1 heterocycles. The third kappa shape index (κ3) is 2.26. The highest BCUT2D eigenvalue weighted by Gasteiger charge is 2.30. The quantitative estimate of drug-likeness (QED) is 0.765. The molecule has 1 aliphatic rings. The van der Waals surface area contributed by atoms with E-state index in [0.29, 0.717) is 30.1 Å². The number of nitrogens with two attached hydrogens (primary N) is 1. The predicted octanol–water partition coefficient (Wildman–Crippen LogP) is 1.12. The number of nitrogens with zero attached hydrogens (tertiary/aromatic N) is 1. The molecule has 2 atom stereocenters. The Balaban J connectivity index is 2.17. The Morgan fingerprint density at radius 3 is 2.71 bits per heavy atom. The molecule has 0 aliphatic carbocycles. The van der Waals surface area contributed by atoms with Crippen molar-refractivity contribution in [2.24, 2.45) is 11.7 Å². The van der Waals surface area contributed by atoms with Crippen molar-refractivity contribution in [3.63, 3.8) is 0 Å². The third-order valence-electron chi connectivity index (χ3n) is 3.40. The first-order valence-electron chi connectivity index (χ1n) is 5.83. The highest BCUT2D eigenvalue weighted by Crippen LogP contribution is 2.21. The number of carbonyl (C=O) groups is 1. The molecule has 0 aromatic heterocycles. The van der Waals surface area contributed by atoms with Crippen LogP contribution in [0.2, 0.25) is 0 Å². The molecule has 2 rings (SSSR count). The lowest BCUT2D eigenvalue weighted by atomic mass is 10.1. The summed E-state index contributed by atoms with van der Waals surface area (Å²) in [6, 6.07) is 4.99. The number of phenols is 1. The topological polar surface area (TPSA) is 66.6 Å². The zero-order valence-electron chi connectivity index (χ0n) is 10.2. The minimum absolute atomic E-state index is 0.00657. The van der Waals surface area contributed by atoms with Gasteiger partial charge in [-0.25, -0.2) is 0 Å². The Morgan fingerprint density at radius 1 is 1.47 bits per heavy atom. The molecule has 1 aromatic carbocycles. The van der Waals surface area contributed by atoms with Crippen LogP contribution >= 0.6 is 0 Å². The summed E-state index contributed by atoms with van der Waals surface area (Å²) < 4.78 is 0. The first-order valence-corrected chi connectivity index (χ1v) is 5.83. The van der Waals surface area contributed by atoms with E-state index in [1.165, 1.54) is 0 Å². The molecule has 0 bridgehead atoms. The number of hydrogen-bond donors (Lipinski definition) is 2. The van der Waals surface area contributed by atoms with E-state index >= 15 is 0 Å². The number of carbonyl (C=O) groups excluding carboxylic acids is 1. The van der Waals surface area contributed by atoms with Crippen molar-refractivity contribution in [3.8, 4) is 5.75 Å². The van der Waals surface area contributed by atoms with E-state index in [1.807, 2.05) is 0 Å². The van der Waals surface area contributed by atoms with Gasteiger partial charge < -0.3 is 15.7 Å². The van der Waals surface area contributed by atoms with Crippen molar-refractivity contribution in [3.05, 3.63) is 29.3 Å². The van der Waals surface area contributed by atoms with Crippen LogP contribution in [0.25, 0.3) is 0 Å². The smallest absolute Gasteiger partial charge is 0.253 e. The van der Waals surface area contributed by atoms with Gasteiger partial charge >= 0.3 is 0 Å². The van der Waals surface area contributed by atoms with Crippen molar-refractivity contribution < 1.29 is 9.90 Å². The number of aromatic hydroxyl groups is 1. The van der Waals surface area contributed by atoms with Crippen molar-refractivity contribution in [2.45, 2.75) is 19.9 Å². The van der Waals surface area contributed by atoms with Crippen LogP contribution < -0.4 is 5.73 Å². The van der Waals surface area contributed by atoms with Gasteiger partial charge in [0, 0.05) is 24.7 Å². The summed E-state index contributed by atoms with van der Waals surface area (Å²) in [5.41, 5.74) is 7.23. The lowest BCUT2D eigenvalue weighted by Gasteiger charge is -2.16. The first-order chi connectivity index (χ1) is 7.99. The largest absolute Gasteiger partial charge is 0.508 e. The van der Waals surface area contributed by atoms with Crippen LogP contribution in [0, 0.1) is 12.8 Å². The molecule has 2 unspecified atom stereocenters. The number of amides is 1. The summed E-state index contributed by atoms with van der Waals surface area (Å²) in [5, 5.41) is 9.43. The van der Waals surface area contributed by atoms with E-state index in [-0.39, 0.29) is 17.7 Å².